The van der Waals surface area contributed by atoms with Crippen molar-refractivity contribution in [1.29, 1.82) is 0 Å². The summed E-state index contributed by atoms with van der Waals surface area (Å²) in [6.45, 7) is 0.848. The van der Waals surface area contributed by atoms with Crippen LogP contribution in [0.5, 0.6) is 0 Å². The van der Waals surface area contributed by atoms with E-state index < -0.39 is 36.4 Å². The number of aromatic amines is 2. The number of hydrogen-bond donors (Lipinski definition) is 5. The molecule has 0 saturated heterocycles. The molecule has 1 heterocycles. The molecule has 96 valence electrons. The molecular formula is C9H14N2O6. The summed E-state index contributed by atoms with van der Waals surface area (Å²) in [6, 6.07) is 0. The molecule has 1 aromatic heterocycles. The molecule has 0 amide bonds. The summed E-state index contributed by atoms with van der Waals surface area (Å²) in [5, 5.41) is 27.6. The highest BCUT2D eigenvalue weighted by Crippen LogP contribution is 2.12. The van der Waals surface area contributed by atoms with Crippen molar-refractivity contribution in [2.75, 3.05) is 6.61 Å². The normalized spacial score (nSPS) is 16.5. The van der Waals surface area contributed by atoms with Crippen LogP contribution >= 0.6 is 0 Å². The molecular weight excluding hydrogens is 232 g/mol. The van der Waals surface area contributed by atoms with E-state index in [1.54, 1.807) is 0 Å². The first kappa shape index (κ1) is 13.6. The van der Waals surface area contributed by atoms with Gasteiger partial charge in [0, 0.05) is 6.20 Å². The highest BCUT2D eigenvalue weighted by molar-refractivity contribution is 5.04. The standard InChI is InChI=1S/C9H14N2O6/c1-4(13)6(3-12)17-8(15)5-2-10-9(16)11-7(5)14/h2,4,6,8,12-13,15H,3H2,1H3,(H2,10,11,14,16)/t4-,6-,8?/m1/s1. The van der Waals surface area contributed by atoms with Gasteiger partial charge in [0.1, 0.15) is 6.10 Å². The van der Waals surface area contributed by atoms with Crippen molar-refractivity contribution in [3.8, 4) is 0 Å². The van der Waals surface area contributed by atoms with E-state index in [0.717, 1.165) is 6.20 Å². The van der Waals surface area contributed by atoms with Crippen molar-refractivity contribution in [3.05, 3.63) is 32.6 Å². The van der Waals surface area contributed by atoms with E-state index in [9.17, 15) is 19.8 Å². The van der Waals surface area contributed by atoms with E-state index in [0.29, 0.717) is 0 Å². The summed E-state index contributed by atoms with van der Waals surface area (Å²) in [4.78, 5) is 26.1. The lowest BCUT2D eigenvalue weighted by Gasteiger charge is -2.21. The van der Waals surface area contributed by atoms with Gasteiger partial charge in [-0.1, -0.05) is 0 Å². The second-order valence-corrected chi connectivity index (χ2v) is 3.48. The maximum Gasteiger partial charge on any atom is 0.325 e. The second kappa shape index (κ2) is 5.73. The fraction of sp³-hybridized carbons (Fsp3) is 0.556. The summed E-state index contributed by atoms with van der Waals surface area (Å²) in [7, 11) is 0. The van der Waals surface area contributed by atoms with Gasteiger partial charge in [-0.25, -0.2) is 4.79 Å². The Bertz CT molecular complexity index is 465. The van der Waals surface area contributed by atoms with Crippen LogP contribution in [0.1, 0.15) is 18.8 Å². The Morgan fingerprint density at radius 1 is 1.41 bits per heavy atom. The van der Waals surface area contributed by atoms with Crippen molar-refractivity contribution < 1.29 is 20.1 Å². The molecule has 1 aromatic rings. The smallest absolute Gasteiger partial charge is 0.325 e. The molecule has 17 heavy (non-hydrogen) atoms. The molecule has 0 saturated carbocycles. The lowest BCUT2D eigenvalue weighted by atomic mass is 10.2. The Kier molecular flexibility index (Phi) is 4.58. The molecule has 0 bridgehead atoms. The van der Waals surface area contributed by atoms with Gasteiger partial charge in [-0.2, -0.15) is 0 Å². The number of aliphatic hydroxyl groups is 3. The minimum absolute atomic E-state index is 0.219. The molecule has 0 fully saturated rings. The summed E-state index contributed by atoms with van der Waals surface area (Å²) in [5.41, 5.74) is -1.73. The maximum atomic E-state index is 11.3. The zero-order valence-electron chi connectivity index (χ0n) is 9.08. The van der Waals surface area contributed by atoms with E-state index in [1.165, 1.54) is 6.92 Å². The lowest BCUT2D eigenvalue weighted by molar-refractivity contribution is -0.177. The van der Waals surface area contributed by atoms with E-state index in [-0.39, 0.29) is 5.56 Å². The van der Waals surface area contributed by atoms with Crippen LogP contribution in [0.2, 0.25) is 0 Å². The largest absolute Gasteiger partial charge is 0.394 e. The van der Waals surface area contributed by atoms with Crippen molar-refractivity contribution in [2.45, 2.75) is 25.4 Å². The fourth-order valence-electron chi connectivity index (χ4n) is 1.15. The Labute approximate surface area is 95.5 Å². The minimum Gasteiger partial charge on any atom is -0.394 e. The second-order valence-electron chi connectivity index (χ2n) is 3.48. The number of aliphatic hydroxyl groups excluding tert-OH is 3. The third kappa shape index (κ3) is 3.49. The van der Waals surface area contributed by atoms with Crippen molar-refractivity contribution in [3.63, 3.8) is 0 Å². The van der Waals surface area contributed by atoms with Crippen LogP contribution in [-0.2, 0) is 4.74 Å². The number of H-pyrrole nitrogens is 2. The topological polar surface area (TPSA) is 136 Å². The van der Waals surface area contributed by atoms with Gasteiger partial charge in [0.2, 0.25) is 0 Å². The van der Waals surface area contributed by atoms with Gasteiger partial charge in [0.05, 0.1) is 18.3 Å². The molecule has 8 nitrogen and oxygen atoms in total. The van der Waals surface area contributed by atoms with Crippen molar-refractivity contribution >= 4 is 0 Å². The number of aromatic nitrogens is 2. The van der Waals surface area contributed by atoms with Gasteiger partial charge in [-0.05, 0) is 6.92 Å². The Morgan fingerprint density at radius 3 is 2.53 bits per heavy atom. The monoisotopic (exact) mass is 246 g/mol. The zero-order chi connectivity index (χ0) is 13.0. The number of hydrogen-bond acceptors (Lipinski definition) is 6. The first-order valence-electron chi connectivity index (χ1n) is 4.90. The molecule has 8 heteroatoms. The van der Waals surface area contributed by atoms with Crippen molar-refractivity contribution in [2.24, 2.45) is 0 Å². The van der Waals surface area contributed by atoms with Crippen LogP contribution in [0.4, 0.5) is 0 Å². The maximum absolute atomic E-state index is 11.3. The lowest BCUT2D eigenvalue weighted by Crippen LogP contribution is -2.34. The summed E-state index contributed by atoms with van der Waals surface area (Å²) in [5.74, 6) is 0. The molecule has 0 aliphatic rings. The molecule has 3 atom stereocenters. The number of ether oxygens (including phenoxy) is 1. The summed E-state index contributed by atoms with van der Waals surface area (Å²) in [6.07, 6.45) is -2.70. The molecule has 1 rings (SSSR count). The van der Waals surface area contributed by atoms with Crippen LogP contribution in [-0.4, -0.2) is 44.1 Å². The number of rotatable bonds is 5. The Hall–Kier alpha value is -1.48. The molecule has 0 spiro atoms. The molecule has 0 aromatic carbocycles. The van der Waals surface area contributed by atoms with Crippen LogP contribution in [0.15, 0.2) is 15.8 Å². The van der Waals surface area contributed by atoms with Crippen LogP contribution in [0, 0.1) is 0 Å². The first-order chi connectivity index (χ1) is 7.95. The average Bonchev–Trinajstić information content (AvgIpc) is 2.24. The van der Waals surface area contributed by atoms with Gasteiger partial charge in [0.25, 0.3) is 5.56 Å². The van der Waals surface area contributed by atoms with Gasteiger partial charge in [0.15, 0.2) is 6.29 Å². The predicted octanol–water partition coefficient (Wildman–Crippen LogP) is -2.19. The highest BCUT2D eigenvalue weighted by Gasteiger charge is 2.21. The van der Waals surface area contributed by atoms with Crippen LogP contribution in [0.3, 0.4) is 0 Å². The van der Waals surface area contributed by atoms with Gasteiger partial charge in [-0.3, -0.25) is 9.78 Å². The van der Waals surface area contributed by atoms with E-state index in [1.807, 2.05) is 4.98 Å². The molecule has 0 aliphatic heterocycles. The molecule has 5 N–H and O–H groups in total. The first-order valence-corrected chi connectivity index (χ1v) is 4.90. The summed E-state index contributed by atoms with van der Waals surface area (Å²) >= 11 is 0. The molecule has 0 radical (unpaired) electrons. The third-order valence-corrected chi connectivity index (χ3v) is 2.14. The Balaban J connectivity index is 2.86. The number of nitrogens with one attached hydrogen (secondary N) is 2. The average molecular weight is 246 g/mol. The van der Waals surface area contributed by atoms with Crippen molar-refractivity contribution in [1.82, 2.24) is 9.97 Å². The predicted molar refractivity (Wildman–Crippen MR) is 56.3 cm³/mol. The fourth-order valence-corrected chi connectivity index (χ4v) is 1.15. The van der Waals surface area contributed by atoms with E-state index in [2.05, 4.69) is 4.98 Å². The highest BCUT2D eigenvalue weighted by atomic mass is 16.6. The van der Waals surface area contributed by atoms with Crippen LogP contribution < -0.4 is 11.2 Å². The zero-order valence-corrected chi connectivity index (χ0v) is 9.08. The summed E-state index contributed by atoms with van der Waals surface area (Å²) < 4.78 is 4.88. The SMILES string of the molecule is C[C@@H](O)[C@@H](CO)OC(O)c1c[nH]c(=O)[nH]c1=O. The molecule has 1 unspecified atom stereocenters. The van der Waals surface area contributed by atoms with E-state index >= 15 is 0 Å². The van der Waals surface area contributed by atoms with E-state index in [4.69, 9.17) is 9.84 Å². The van der Waals surface area contributed by atoms with Gasteiger partial charge < -0.3 is 25.0 Å². The Morgan fingerprint density at radius 2 is 2.06 bits per heavy atom. The minimum atomic E-state index is -1.65. The van der Waals surface area contributed by atoms with Gasteiger partial charge in [-0.15, -0.1) is 0 Å². The molecule has 0 aliphatic carbocycles. The van der Waals surface area contributed by atoms with Gasteiger partial charge >= 0.3 is 5.69 Å². The third-order valence-electron chi connectivity index (χ3n) is 2.14. The van der Waals surface area contributed by atoms with Crippen LogP contribution in [0.25, 0.3) is 0 Å². The quantitative estimate of drug-likeness (QED) is 0.374.